The van der Waals surface area contributed by atoms with Gasteiger partial charge in [0.1, 0.15) is 23.5 Å². The van der Waals surface area contributed by atoms with Crippen molar-refractivity contribution in [3.05, 3.63) is 46.9 Å². The van der Waals surface area contributed by atoms with Crippen LogP contribution in [0.4, 0.5) is 5.82 Å². The van der Waals surface area contributed by atoms with Crippen molar-refractivity contribution in [3.8, 4) is 5.75 Å². The molecule has 1 aliphatic rings. The van der Waals surface area contributed by atoms with E-state index in [2.05, 4.69) is 27.9 Å². The summed E-state index contributed by atoms with van der Waals surface area (Å²) in [5.74, 6) is 2.57. The van der Waals surface area contributed by atoms with Crippen LogP contribution in [0.15, 0.2) is 30.3 Å². The minimum absolute atomic E-state index is 0.139. The molecule has 1 saturated heterocycles. The number of ether oxygens (including phenoxy) is 1. The first-order chi connectivity index (χ1) is 10.7. The number of benzene rings is 1. The standard InChI is InChI=1S/C17H20ClN3O/c1-3-13-10-17(20-12(2)19-13)21-9-8-14(11-21)22-16-7-5-4-6-15(16)18/h4-7,10,14H,3,8-9,11H2,1-2H3. The molecule has 0 radical (unpaired) electrons. The van der Waals surface area contributed by atoms with E-state index in [1.807, 2.05) is 31.2 Å². The fourth-order valence-corrected chi connectivity index (χ4v) is 2.89. The lowest BCUT2D eigenvalue weighted by atomic mass is 10.3. The molecular weight excluding hydrogens is 298 g/mol. The first-order valence-electron chi connectivity index (χ1n) is 7.66. The van der Waals surface area contributed by atoms with Crippen LogP contribution in [0.2, 0.25) is 5.02 Å². The predicted octanol–water partition coefficient (Wildman–Crippen LogP) is 3.66. The van der Waals surface area contributed by atoms with Crippen molar-refractivity contribution in [2.45, 2.75) is 32.8 Å². The molecule has 0 bridgehead atoms. The number of hydrogen-bond acceptors (Lipinski definition) is 4. The van der Waals surface area contributed by atoms with E-state index in [1.54, 1.807) is 0 Å². The van der Waals surface area contributed by atoms with E-state index in [4.69, 9.17) is 16.3 Å². The number of aryl methyl sites for hydroxylation is 2. The summed E-state index contributed by atoms with van der Waals surface area (Å²) in [6, 6.07) is 9.69. The van der Waals surface area contributed by atoms with E-state index < -0.39 is 0 Å². The second kappa shape index (κ2) is 6.53. The van der Waals surface area contributed by atoms with Crippen LogP contribution >= 0.6 is 11.6 Å². The molecule has 0 N–H and O–H groups in total. The molecule has 0 saturated carbocycles. The minimum atomic E-state index is 0.139. The van der Waals surface area contributed by atoms with Crippen LogP contribution in [-0.2, 0) is 6.42 Å². The molecule has 116 valence electrons. The number of rotatable bonds is 4. The van der Waals surface area contributed by atoms with Crippen LogP contribution in [0.1, 0.15) is 24.9 Å². The van der Waals surface area contributed by atoms with Crippen molar-refractivity contribution >= 4 is 17.4 Å². The number of hydrogen-bond donors (Lipinski definition) is 0. The van der Waals surface area contributed by atoms with E-state index in [1.165, 1.54) is 0 Å². The zero-order chi connectivity index (χ0) is 15.5. The van der Waals surface area contributed by atoms with E-state index in [0.29, 0.717) is 5.02 Å². The van der Waals surface area contributed by atoms with Gasteiger partial charge in [0.25, 0.3) is 0 Å². The smallest absolute Gasteiger partial charge is 0.138 e. The Labute approximate surface area is 136 Å². The second-order valence-electron chi connectivity index (χ2n) is 5.52. The maximum atomic E-state index is 6.16. The van der Waals surface area contributed by atoms with Gasteiger partial charge in [-0.2, -0.15) is 0 Å². The van der Waals surface area contributed by atoms with Crippen molar-refractivity contribution in [1.29, 1.82) is 0 Å². The predicted molar refractivity (Wildman–Crippen MR) is 88.8 cm³/mol. The van der Waals surface area contributed by atoms with Crippen LogP contribution in [-0.4, -0.2) is 29.2 Å². The summed E-state index contributed by atoms with van der Waals surface area (Å²) in [6.45, 7) is 5.81. The van der Waals surface area contributed by atoms with Gasteiger partial charge in [-0.15, -0.1) is 0 Å². The maximum absolute atomic E-state index is 6.16. The SMILES string of the molecule is CCc1cc(N2CCC(Oc3ccccc3Cl)C2)nc(C)n1. The number of anilines is 1. The first-order valence-corrected chi connectivity index (χ1v) is 8.04. The quantitative estimate of drug-likeness (QED) is 0.862. The third kappa shape index (κ3) is 3.33. The highest BCUT2D eigenvalue weighted by Gasteiger charge is 2.26. The van der Waals surface area contributed by atoms with Gasteiger partial charge in [-0.25, -0.2) is 9.97 Å². The molecule has 0 aliphatic carbocycles. The molecule has 1 aromatic carbocycles. The monoisotopic (exact) mass is 317 g/mol. The van der Waals surface area contributed by atoms with Crippen molar-refractivity contribution < 1.29 is 4.74 Å². The summed E-state index contributed by atoms with van der Waals surface area (Å²) in [6.07, 6.45) is 2.03. The third-order valence-corrected chi connectivity index (χ3v) is 4.15. The molecule has 5 heteroatoms. The van der Waals surface area contributed by atoms with Crippen LogP contribution < -0.4 is 9.64 Å². The average Bonchev–Trinajstić information content (AvgIpc) is 2.97. The molecule has 1 aromatic heterocycles. The number of aromatic nitrogens is 2. The van der Waals surface area contributed by atoms with E-state index in [0.717, 1.165) is 49.0 Å². The summed E-state index contributed by atoms with van der Waals surface area (Å²) in [7, 11) is 0. The molecule has 1 atom stereocenters. The number of halogens is 1. The Morgan fingerprint density at radius 3 is 2.91 bits per heavy atom. The lowest BCUT2D eigenvalue weighted by Crippen LogP contribution is -2.25. The van der Waals surface area contributed by atoms with Crippen molar-refractivity contribution in [2.24, 2.45) is 0 Å². The van der Waals surface area contributed by atoms with Gasteiger partial charge in [0.15, 0.2) is 0 Å². The zero-order valence-corrected chi connectivity index (χ0v) is 13.7. The lowest BCUT2D eigenvalue weighted by Gasteiger charge is -2.19. The van der Waals surface area contributed by atoms with Gasteiger partial charge in [0, 0.05) is 24.7 Å². The van der Waals surface area contributed by atoms with Crippen molar-refractivity contribution in [2.75, 3.05) is 18.0 Å². The van der Waals surface area contributed by atoms with Gasteiger partial charge in [-0.05, 0) is 25.5 Å². The zero-order valence-electron chi connectivity index (χ0n) is 12.9. The normalized spacial score (nSPS) is 17.8. The second-order valence-corrected chi connectivity index (χ2v) is 5.93. The van der Waals surface area contributed by atoms with Crippen molar-refractivity contribution in [3.63, 3.8) is 0 Å². The largest absolute Gasteiger partial charge is 0.487 e. The summed E-state index contributed by atoms with van der Waals surface area (Å²) >= 11 is 6.16. The lowest BCUT2D eigenvalue weighted by molar-refractivity contribution is 0.225. The van der Waals surface area contributed by atoms with Crippen LogP contribution in [0.5, 0.6) is 5.75 Å². The van der Waals surface area contributed by atoms with Gasteiger partial charge >= 0.3 is 0 Å². The fourth-order valence-electron chi connectivity index (χ4n) is 2.71. The van der Waals surface area contributed by atoms with Gasteiger partial charge < -0.3 is 9.64 Å². The van der Waals surface area contributed by atoms with Crippen LogP contribution in [0, 0.1) is 6.92 Å². The Hall–Kier alpha value is -1.81. The van der Waals surface area contributed by atoms with Gasteiger partial charge in [0.05, 0.1) is 11.6 Å². The molecule has 1 unspecified atom stereocenters. The molecule has 0 spiro atoms. The highest BCUT2D eigenvalue weighted by atomic mass is 35.5. The Balaban J connectivity index is 1.70. The number of para-hydroxylation sites is 1. The summed E-state index contributed by atoms with van der Waals surface area (Å²) in [5.41, 5.74) is 1.08. The fraction of sp³-hybridized carbons (Fsp3) is 0.412. The third-order valence-electron chi connectivity index (χ3n) is 3.84. The molecule has 2 heterocycles. The minimum Gasteiger partial charge on any atom is -0.487 e. The van der Waals surface area contributed by atoms with Gasteiger partial charge in [0.2, 0.25) is 0 Å². The molecule has 4 nitrogen and oxygen atoms in total. The molecule has 2 aromatic rings. The van der Waals surface area contributed by atoms with Gasteiger partial charge in [-0.1, -0.05) is 30.7 Å². The first kappa shape index (κ1) is 15.1. The van der Waals surface area contributed by atoms with E-state index in [9.17, 15) is 0 Å². The molecule has 1 aliphatic heterocycles. The molecule has 1 fully saturated rings. The van der Waals surface area contributed by atoms with Crippen molar-refractivity contribution in [1.82, 2.24) is 9.97 Å². The molecule has 22 heavy (non-hydrogen) atoms. The highest BCUT2D eigenvalue weighted by Crippen LogP contribution is 2.27. The topological polar surface area (TPSA) is 38.2 Å². The summed E-state index contributed by atoms with van der Waals surface area (Å²) < 4.78 is 6.03. The molecule has 3 rings (SSSR count). The number of nitrogens with zero attached hydrogens (tertiary/aromatic N) is 3. The van der Waals surface area contributed by atoms with Crippen LogP contribution in [0.3, 0.4) is 0 Å². The van der Waals surface area contributed by atoms with Crippen LogP contribution in [0.25, 0.3) is 0 Å². The molecule has 0 amide bonds. The van der Waals surface area contributed by atoms with Gasteiger partial charge in [-0.3, -0.25) is 0 Å². The Morgan fingerprint density at radius 2 is 2.14 bits per heavy atom. The molecular formula is C17H20ClN3O. The van der Waals surface area contributed by atoms with E-state index in [-0.39, 0.29) is 6.10 Å². The Bertz CT molecular complexity index is 662. The summed E-state index contributed by atoms with van der Waals surface area (Å²) in [4.78, 5) is 11.3. The van der Waals surface area contributed by atoms with E-state index >= 15 is 0 Å². The average molecular weight is 318 g/mol. The maximum Gasteiger partial charge on any atom is 0.138 e. The summed E-state index contributed by atoms with van der Waals surface area (Å²) in [5, 5.41) is 0.659. The Kier molecular flexibility index (Phi) is 4.48. The highest BCUT2D eigenvalue weighted by molar-refractivity contribution is 6.32. The Morgan fingerprint density at radius 1 is 1.32 bits per heavy atom.